The fourth-order valence-corrected chi connectivity index (χ4v) is 3.38. The van der Waals surface area contributed by atoms with E-state index in [1.807, 2.05) is 4.68 Å². The Labute approximate surface area is 150 Å². The number of hydrogen-bond donors (Lipinski definition) is 0. The zero-order valence-corrected chi connectivity index (χ0v) is 14.8. The average Bonchev–Trinajstić information content (AvgIpc) is 3.01. The van der Waals surface area contributed by atoms with Gasteiger partial charge in [-0.25, -0.2) is 4.79 Å². The quantitative estimate of drug-likeness (QED) is 0.751. The SMILES string of the molecule is CCOC(=O)c1cnn(C2CCOCC2)c1-c1ccc(Cl)cc1Cl. The maximum atomic E-state index is 12.3. The minimum Gasteiger partial charge on any atom is -0.462 e. The molecule has 0 N–H and O–H groups in total. The second kappa shape index (κ2) is 7.55. The van der Waals surface area contributed by atoms with Crippen molar-refractivity contribution in [3.05, 3.63) is 40.0 Å². The Morgan fingerprint density at radius 2 is 2.12 bits per heavy atom. The highest BCUT2D eigenvalue weighted by atomic mass is 35.5. The molecule has 1 saturated heterocycles. The average molecular weight is 369 g/mol. The molecule has 1 aromatic carbocycles. The summed E-state index contributed by atoms with van der Waals surface area (Å²) in [5, 5.41) is 5.47. The summed E-state index contributed by atoms with van der Waals surface area (Å²) < 4.78 is 12.5. The van der Waals surface area contributed by atoms with Crippen LogP contribution in [0.3, 0.4) is 0 Å². The van der Waals surface area contributed by atoms with E-state index in [1.54, 1.807) is 31.3 Å². The van der Waals surface area contributed by atoms with E-state index in [4.69, 9.17) is 32.7 Å². The van der Waals surface area contributed by atoms with Gasteiger partial charge in [-0.3, -0.25) is 4.68 Å². The van der Waals surface area contributed by atoms with Crippen molar-refractivity contribution in [3.8, 4) is 11.3 Å². The van der Waals surface area contributed by atoms with Gasteiger partial charge in [0, 0.05) is 23.8 Å². The van der Waals surface area contributed by atoms with Gasteiger partial charge in [0.15, 0.2) is 0 Å². The standard InChI is InChI=1S/C17H18Cl2N2O3/c1-2-24-17(22)14-10-20-21(12-5-7-23-8-6-12)16(14)13-4-3-11(18)9-15(13)19/h3-4,9-10,12H,2,5-8H2,1H3. The van der Waals surface area contributed by atoms with Crippen LogP contribution >= 0.6 is 23.2 Å². The van der Waals surface area contributed by atoms with Gasteiger partial charge in [0.25, 0.3) is 0 Å². The molecular weight excluding hydrogens is 351 g/mol. The summed E-state index contributed by atoms with van der Waals surface area (Å²) >= 11 is 12.4. The summed E-state index contributed by atoms with van der Waals surface area (Å²) in [5.41, 5.74) is 1.79. The molecule has 2 heterocycles. The molecule has 24 heavy (non-hydrogen) atoms. The molecule has 0 bridgehead atoms. The molecule has 1 aliphatic heterocycles. The fourth-order valence-electron chi connectivity index (χ4n) is 2.88. The summed E-state index contributed by atoms with van der Waals surface area (Å²) in [6.45, 7) is 3.42. The lowest BCUT2D eigenvalue weighted by molar-refractivity contribution is 0.0526. The molecule has 0 aliphatic carbocycles. The summed E-state index contributed by atoms with van der Waals surface area (Å²) in [5.74, 6) is -0.406. The number of rotatable bonds is 4. The van der Waals surface area contributed by atoms with Gasteiger partial charge in [-0.1, -0.05) is 23.2 Å². The first-order valence-electron chi connectivity index (χ1n) is 7.89. The van der Waals surface area contributed by atoms with Crippen molar-refractivity contribution in [2.24, 2.45) is 0 Å². The molecule has 0 amide bonds. The topological polar surface area (TPSA) is 53.3 Å². The molecule has 2 aromatic rings. The highest BCUT2D eigenvalue weighted by Crippen LogP contribution is 2.36. The van der Waals surface area contributed by atoms with E-state index in [2.05, 4.69) is 5.10 Å². The molecule has 0 atom stereocenters. The molecule has 1 fully saturated rings. The third-order valence-corrected chi connectivity index (χ3v) is 4.56. The van der Waals surface area contributed by atoms with Crippen molar-refractivity contribution in [2.75, 3.05) is 19.8 Å². The van der Waals surface area contributed by atoms with Gasteiger partial charge in [0.1, 0.15) is 5.56 Å². The van der Waals surface area contributed by atoms with Crippen LogP contribution in [0.15, 0.2) is 24.4 Å². The van der Waals surface area contributed by atoms with Crippen LogP contribution in [0.2, 0.25) is 10.0 Å². The van der Waals surface area contributed by atoms with Crippen LogP contribution in [0, 0.1) is 0 Å². The minimum absolute atomic E-state index is 0.156. The third-order valence-electron chi connectivity index (χ3n) is 4.01. The lowest BCUT2D eigenvalue weighted by atomic mass is 10.0. The first-order chi connectivity index (χ1) is 11.6. The van der Waals surface area contributed by atoms with Crippen LogP contribution in [0.5, 0.6) is 0 Å². The third kappa shape index (κ3) is 3.43. The van der Waals surface area contributed by atoms with Gasteiger partial charge in [-0.05, 0) is 38.0 Å². The molecule has 3 rings (SSSR count). The molecular formula is C17H18Cl2N2O3. The Morgan fingerprint density at radius 1 is 1.38 bits per heavy atom. The Bertz CT molecular complexity index is 739. The van der Waals surface area contributed by atoms with Crippen molar-refractivity contribution in [3.63, 3.8) is 0 Å². The van der Waals surface area contributed by atoms with E-state index in [-0.39, 0.29) is 6.04 Å². The Balaban J connectivity index is 2.11. The van der Waals surface area contributed by atoms with Crippen LogP contribution in [-0.4, -0.2) is 35.6 Å². The number of halogens is 2. The number of carbonyl (C=O) groups excluding carboxylic acids is 1. The van der Waals surface area contributed by atoms with Gasteiger partial charge >= 0.3 is 5.97 Å². The van der Waals surface area contributed by atoms with Crippen molar-refractivity contribution in [1.29, 1.82) is 0 Å². The predicted octanol–water partition coefficient (Wildman–Crippen LogP) is 4.39. The number of hydrogen-bond acceptors (Lipinski definition) is 4. The molecule has 128 valence electrons. The molecule has 0 spiro atoms. The molecule has 0 unspecified atom stereocenters. The first-order valence-corrected chi connectivity index (χ1v) is 8.65. The Morgan fingerprint density at radius 3 is 2.79 bits per heavy atom. The smallest absolute Gasteiger partial charge is 0.341 e. The lowest BCUT2D eigenvalue weighted by Gasteiger charge is -2.24. The first kappa shape index (κ1) is 17.3. The largest absolute Gasteiger partial charge is 0.462 e. The molecule has 0 saturated carbocycles. The highest BCUT2D eigenvalue weighted by molar-refractivity contribution is 6.36. The maximum absolute atomic E-state index is 12.3. The highest BCUT2D eigenvalue weighted by Gasteiger charge is 2.26. The van der Waals surface area contributed by atoms with Crippen LogP contribution in [-0.2, 0) is 9.47 Å². The summed E-state index contributed by atoms with van der Waals surface area (Å²) in [4.78, 5) is 12.3. The van der Waals surface area contributed by atoms with E-state index < -0.39 is 5.97 Å². The van der Waals surface area contributed by atoms with E-state index >= 15 is 0 Å². The Hall–Kier alpha value is -1.56. The molecule has 1 aromatic heterocycles. The van der Waals surface area contributed by atoms with Crippen LogP contribution in [0.25, 0.3) is 11.3 Å². The van der Waals surface area contributed by atoms with Gasteiger partial charge in [-0.15, -0.1) is 0 Å². The maximum Gasteiger partial charge on any atom is 0.341 e. The number of aromatic nitrogens is 2. The summed E-state index contributed by atoms with van der Waals surface area (Å²) in [7, 11) is 0. The Kier molecular flexibility index (Phi) is 5.43. The van der Waals surface area contributed by atoms with Crippen molar-refractivity contribution < 1.29 is 14.3 Å². The number of carbonyl (C=O) groups is 1. The number of ether oxygens (including phenoxy) is 2. The van der Waals surface area contributed by atoms with Crippen molar-refractivity contribution in [1.82, 2.24) is 9.78 Å². The lowest BCUT2D eigenvalue weighted by Crippen LogP contribution is -2.21. The number of nitrogens with zero attached hydrogens (tertiary/aromatic N) is 2. The molecule has 5 nitrogen and oxygen atoms in total. The van der Waals surface area contributed by atoms with E-state index in [9.17, 15) is 4.79 Å². The monoisotopic (exact) mass is 368 g/mol. The molecule has 7 heteroatoms. The van der Waals surface area contributed by atoms with E-state index in [0.717, 1.165) is 12.8 Å². The molecule has 0 radical (unpaired) electrons. The summed E-state index contributed by atoms with van der Waals surface area (Å²) in [6, 6.07) is 5.37. The second-order valence-electron chi connectivity index (χ2n) is 5.54. The van der Waals surface area contributed by atoms with Gasteiger partial charge < -0.3 is 9.47 Å². The summed E-state index contributed by atoms with van der Waals surface area (Å²) in [6.07, 6.45) is 3.22. The zero-order valence-electron chi connectivity index (χ0n) is 13.3. The minimum atomic E-state index is -0.406. The van der Waals surface area contributed by atoms with E-state index in [1.165, 1.54) is 0 Å². The van der Waals surface area contributed by atoms with Gasteiger partial charge in [0.2, 0.25) is 0 Å². The normalized spacial score (nSPS) is 15.5. The van der Waals surface area contributed by atoms with Gasteiger partial charge in [0.05, 0.1) is 29.6 Å². The van der Waals surface area contributed by atoms with Crippen LogP contribution < -0.4 is 0 Å². The fraction of sp³-hybridized carbons (Fsp3) is 0.412. The van der Waals surface area contributed by atoms with Crippen LogP contribution in [0.4, 0.5) is 0 Å². The zero-order chi connectivity index (χ0) is 17.1. The van der Waals surface area contributed by atoms with Gasteiger partial charge in [-0.2, -0.15) is 5.10 Å². The van der Waals surface area contributed by atoms with Crippen LogP contribution in [0.1, 0.15) is 36.2 Å². The number of esters is 1. The predicted molar refractivity (Wildman–Crippen MR) is 92.7 cm³/mol. The number of benzene rings is 1. The van der Waals surface area contributed by atoms with E-state index in [0.29, 0.717) is 46.7 Å². The second-order valence-corrected chi connectivity index (χ2v) is 6.38. The van der Waals surface area contributed by atoms with Crippen molar-refractivity contribution in [2.45, 2.75) is 25.8 Å². The molecule has 1 aliphatic rings. The van der Waals surface area contributed by atoms with Crippen molar-refractivity contribution >= 4 is 29.2 Å².